The van der Waals surface area contributed by atoms with Crippen LogP contribution in [0.3, 0.4) is 0 Å². The first-order valence-corrected chi connectivity index (χ1v) is 4.15. The van der Waals surface area contributed by atoms with Crippen molar-refractivity contribution >= 4 is 11.4 Å². The van der Waals surface area contributed by atoms with Crippen LogP contribution in [0.25, 0.3) is 0 Å². The fourth-order valence-electron chi connectivity index (χ4n) is 0.726. The molecule has 0 saturated heterocycles. The second kappa shape index (κ2) is 5.73. The zero-order valence-electron chi connectivity index (χ0n) is 6.82. The topological polar surface area (TPSA) is 49.4 Å². The molecule has 0 spiro atoms. The van der Waals surface area contributed by atoms with Crippen LogP contribution in [0.2, 0.25) is 0 Å². The molecule has 0 aliphatic heterocycles. The summed E-state index contributed by atoms with van der Waals surface area (Å²) < 4.78 is 85.7. The van der Waals surface area contributed by atoms with Gasteiger partial charge in [-0.1, -0.05) is 0 Å². The normalized spacial score (nSPS) is 11.9. The monoisotopic (exact) mass is 354 g/mol. The van der Waals surface area contributed by atoms with Gasteiger partial charge in [0.1, 0.15) is 11.4 Å². The van der Waals surface area contributed by atoms with E-state index in [2.05, 4.69) is 4.18 Å². The van der Waals surface area contributed by atoms with Crippen LogP contribution in [0.4, 0.5) is 22.0 Å². The SMILES string of the molecule is O=S([O-])Oc1c(F)c(F)c(F)c(F)c1F.[Ag]. The van der Waals surface area contributed by atoms with Crippen molar-refractivity contribution in [2.45, 2.75) is 0 Å². The minimum atomic E-state index is -3.45. The molecule has 0 aliphatic carbocycles. The molecule has 1 radical (unpaired) electrons. The fourth-order valence-corrected chi connectivity index (χ4v) is 1.01. The van der Waals surface area contributed by atoms with Crippen molar-refractivity contribution in [2.24, 2.45) is 0 Å². The van der Waals surface area contributed by atoms with Gasteiger partial charge in [-0.15, -0.1) is 0 Å². The summed E-state index contributed by atoms with van der Waals surface area (Å²) in [5, 5.41) is 0. The van der Waals surface area contributed by atoms with Crippen LogP contribution < -0.4 is 4.18 Å². The van der Waals surface area contributed by atoms with E-state index >= 15 is 0 Å². The van der Waals surface area contributed by atoms with E-state index in [4.69, 9.17) is 0 Å². The molecule has 1 unspecified atom stereocenters. The van der Waals surface area contributed by atoms with Gasteiger partial charge in [0.05, 0.1) is 0 Å². The van der Waals surface area contributed by atoms with E-state index in [0.29, 0.717) is 0 Å². The van der Waals surface area contributed by atoms with Crippen LogP contribution >= 0.6 is 0 Å². The molecule has 16 heavy (non-hydrogen) atoms. The molecule has 1 atom stereocenters. The van der Waals surface area contributed by atoms with Gasteiger partial charge < -0.3 is 8.74 Å². The van der Waals surface area contributed by atoms with Crippen molar-refractivity contribution in [1.29, 1.82) is 0 Å². The van der Waals surface area contributed by atoms with E-state index in [1.807, 2.05) is 0 Å². The van der Waals surface area contributed by atoms with Gasteiger partial charge in [0.25, 0.3) is 0 Å². The summed E-state index contributed by atoms with van der Waals surface area (Å²) in [6, 6.07) is 0. The Kier molecular flexibility index (Phi) is 5.56. The standard InChI is InChI=1S/C6HF5O3S.Ag/c7-1-2(8)4(10)6(14-15(12)13)5(11)3(1)9;/h(H,12,13);/p-1. The summed E-state index contributed by atoms with van der Waals surface area (Å²) in [4.78, 5) is 0. The summed E-state index contributed by atoms with van der Waals surface area (Å²) in [7, 11) is 0. The molecule has 0 amide bonds. The number of rotatable bonds is 2. The molecule has 10 heteroatoms. The van der Waals surface area contributed by atoms with Crippen LogP contribution in [0.1, 0.15) is 0 Å². The number of hydrogen-bond acceptors (Lipinski definition) is 3. The quantitative estimate of drug-likeness (QED) is 0.266. The Balaban J connectivity index is 0.00000225. The van der Waals surface area contributed by atoms with Crippen LogP contribution in [-0.4, -0.2) is 8.76 Å². The largest absolute Gasteiger partial charge is 0.740 e. The third-order valence-electron chi connectivity index (χ3n) is 1.32. The Bertz CT molecular complexity index is 412. The summed E-state index contributed by atoms with van der Waals surface area (Å²) >= 11 is -3.45. The average Bonchev–Trinajstić information content (AvgIpc) is 2.18. The predicted molar refractivity (Wildman–Crippen MR) is 35.8 cm³/mol. The number of hydrogen-bond donors (Lipinski definition) is 0. The van der Waals surface area contributed by atoms with Crippen LogP contribution in [0.5, 0.6) is 5.75 Å². The first kappa shape index (κ1) is 15.5. The number of benzene rings is 1. The third kappa shape index (κ3) is 2.80. The molecule has 3 nitrogen and oxygen atoms in total. The Morgan fingerprint density at radius 1 is 0.875 bits per heavy atom. The van der Waals surface area contributed by atoms with Crippen LogP contribution in [0, 0.1) is 29.1 Å². The first-order chi connectivity index (χ1) is 6.86. The van der Waals surface area contributed by atoms with Gasteiger partial charge in [0.15, 0.2) is 0 Å². The Labute approximate surface area is 104 Å². The number of halogens is 5. The van der Waals surface area contributed by atoms with Crippen LogP contribution in [0.15, 0.2) is 0 Å². The third-order valence-corrected chi connectivity index (χ3v) is 1.62. The van der Waals surface area contributed by atoms with Gasteiger partial charge >= 0.3 is 0 Å². The smallest absolute Gasteiger partial charge is 0.216 e. The summed E-state index contributed by atoms with van der Waals surface area (Å²) in [5.41, 5.74) is 0. The maximum atomic E-state index is 12.6. The molecule has 0 aromatic heterocycles. The van der Waals surface area contributed by atoms with E-state index in [-0.39, 0.29) is 22.4 Å². The van der Waals surface area contributed by atoms with Gasteiger partial charge in [-0.3, -0.25) is 0 Å². The van der Waals surface area contributed by atoms with E-state index < -0.39 is 46.2 Å². The molecule has 1 aromatic carbocycles. The van der Waals surface area contributed by atoms with E-state index in [1.54, 1.807) is 0 Å². The van der Waals surface area contributed by atoms with Crippen molar-refractivity contribution < 1.29 is 57.3 Å². The Morgan fingerprint density at radius 2 is 1.19 bits per heavy atom. The average molecular weight is 355 g/mol. The zero-order valence-corrected chi connectivity index (χ0v) is 9.12. The van der Waals surface area contributed by atoms with Crippen molar-refractivity contribution in [2.75, 3.05) is 0 Å². The predicted octanol–water partition coefficient (Wildman–Crippen LogP) is 1.55. The molecule has 0 heterocycles. The van der Waals surface area contributed by atoms with Gasteiger partial charge in [-0.05, 0) is 0 Å². The van der Waals surface area contributed by atoms with Gasteiger partial charge in [-0.2, -0.15) is 8.78 Å². The molecule has 95 valence electrons. The second-order valence-corrected chi connectivity index (χ2v) is 2.76. The van der Waals surface area contributed by atoms with Crippen molar-refractivity contribution in [1.82, 2.24) is 0 Å². The van der Waals surface area contributed by atoms with Crippen molar-refractivity contribution in [3.63, 3.8) is 0 Å². The van der Waals surface area contributed by atoms with Crippen molar-refractivity contribution in [3.05, 3.63) is 29.1 Å². The van der Waals surface area contributed by atoms with Crippen LogP contribution in [-0.2, 0) is 33.7 Å². The molecule has 1 aromatic rings. The fraction of sp³-hybridized carbons (Fsp3) is 0. The van der Waals surface area contributed by atoms with Crippen molar-refractivity contribution in [3.8, 4) is 5.75 Å². The zero-order chi connectivity index (χ0) is 11.7. The Morgan fingerprint density at radius 3 is 1.50 bits per heavy atom. The molecule has 0 saturated carbocycles. The van der Waals surface area contributed by atoms with E-state index in [1.165, 1.54) is 0 Å². The van der Waals surface area contributed by atoms with Gasteiger partial charge in [0.2, 0.25) is 34.8 Å². The molecule has 0 bridgehead atoms. The first-order valence-electron chi connectivity index (χ1n) is 3.15. The summed E-state index contributed by atoms with van der Waals surface area (Å²) in [5.74, 6) is -13.5. The molecule has 1 rings (SSSR count). The maximum absolute atomic E-state index is 12.6. The van der Waals surface area contributed by atoms with E-state index in [9.17, 15) is 30.7 Å². The van der Waals surface area contributed by atoms with E-state index in [0.717, 1.165) is 0 Å². The summed E-state index contributed by atoms with van der Waals surface area (Å²) in [6.07, 6.45) is 0. The molecule has 0 aliphatic rings. The Hall–Kier alpha value is -0.480. The molecular weight excluding hydrogens is 355 g/mol. The minimum absolute atomic E-state index is 0. The van der Waals surface area contributed by atoms with Gasteiger partial charge in [-0.25, -0.2) is 17.4 Å². The minimum Gasteiger partial charge on any atom is -0.740 e. The molecule has 0 N–H and O–H groups in total. The maximum Gasteiger partial charge on any atom is 0.216 e. The van der Waals surface area contributed by atoms with Gasteiger partial charge in [0, 0.05) is 22.4 Å². The molecular formula is C6AgF5O3S-. The second-order valence-electron chi connectivity index (χ2n) is 2.19. The summed E-state index contributed by atoms with van der Waals surface area (Å²) in [6.45, 7) is 0. The molecule has 0 fully saturated rings.